The lowest BCUT2D eigenvalue weighted by atomic mass is 10.4. The van der Waals surface area contributed by atoms with Crippen molar-refractivity contribution < 1.29 is 13.9 Å². The van der Waals surface area contributed by atoms with Crippen molar-refractivity contribution in [1.29, 1.82) is 0 Å². The number of carbonyl (C=O) groups is 1. The van der Waals surface area contributed by atoms with E-state index < -0.39 is 0 Å². The summed E-state index contributed by atoms with van der Waals surface area (Å²) in [4.78, 5) is 14.9. The molecule has 13 heavy (non-hydrogen) atoms. The summed E-state index contributed by atoms with van der Waals surface area (Å²) in [5.74, 6) is -0.218. The first kappa shape index (κ1) is 9.73. The summed E-state index contributed by atoms with van der Waals surface area (Å²) >= 11 is 0. The van der Waals surface area contributed by atoms with E-state index in [0.29, 0.717) is 18.8 Å². The van der Waals surface area contributed by atoms with Gasteiger partial charge in [-0.25, -0.2) is 4.98 Å². The molecule has 1 N–H and O–H groups in total. The van der Waals surface area contributed by atoms with Crippen LogP contribution in [0.5, 0.6) is 0 Å². The summed E-state index contributed by atoms with van der Waals surface area (Å²) < 4.78 is 9.50. The number of nitrogens with zero attached hydrogens (tertiary/aromatic N) is 1. The second-order valence-electron chi connectivity index (χ2n) is 2.48. The molecule has 0 aromatic carbocycles. The highest BCUT2D eigenvalue weighted by Crippen LogP contribution is 1.93. The van der Waals surface area contributed by atoms with Crippen LogP contribution in [-0.4, -0.2) is 31.2 Å². The maximum Gasteiger partial charge on any atom is 0.273 e. The summed E-state index contributed by atoms with van der Waals surface area (Å²) in [6.07, 6.45) is 3.33. The molecule has 0 radical (unpaired) electrons. The van der Waals surface area contributed by atoms with E-state index in [-0.39, 0.29) is 5.91 Å². The Hall–Kier alpha value is -1.36. The van der Waals surface area contributed by atoms with Gasteiger partial charge in [0.25, 0.3) is 5.91 Å². The first-order valence-corrected chi connectivity index (χ1v) is 4.00. The lowest BCUT2D eigenvalue weighted by Gasteiger charge is -2.01. The van der Waals surface area contributed by atoms with Gasteiger partial charge in [-0.3, -0.25) is 4.79 Å². The highest BCUT2D eigenvalue weighted by atomic mass is 16.5. The van der Waals surface area contributed by atoms with Gasteiger partial charge in [0, 0.05) is 20.3 Å². The van der Waals surface area contributed by atoms with Gasteiger partial charge in [0.05, 0.1) is 0 Å². The van der Waals surface area contributed by atoms with Crippen molar-refractivity contribution in [2.24, 2.45) is 0 Å². The monoisotopic (exact) mass is 184 g/mol. The number of aromatic nitrogens is 1. The Morgan fingerprint density at radius 3 is 3.23 bits per heavy atom. The zero-order valence-corrected chi connectivity index (χ0v) is 7.45. The molecular weight excluding hydrogens is 172 g/mol. The maximum absolute atomic E-state index is 11.2. The molecule has 0 saturated carbocycles. The molecule has 0 saturated heterocycles. The Kier molecular flexibility index (Phi) is 3.98. The van der Waals surface area contributed by atoms with Gasteiger partial charge in [-0.2, -0.15) is 0 Å². The minimum absolute atomic E-state index is 0.218. The predicted molar refractivity (Wildman–Crippen MR) is 45.3 cm³/mol. The highest BCUT2D eigenvalue weighted by molar-refractivity contribution is 5.91. The van der Waals surface area contributed by atoms with Gasteiger partial charge in [0.15, 0.2) is 12.1 Å². The minimum Gasteiger partial charge on any atom is -0.451 e. The van der Waals surface area contributed by atoms with Crippen molar-refractivity contribution in [3.8, 4) is 0 Å². The lowest BCUT2D eigenvalue weighted by molar-refractivity contribution is 0.0943. The number of oxazole rings is 1. The van der Waals surface area contributed by atoms with Crippen LogP contribution in [0.2, 0.25) is 0 Å². The largest absolute Gasteiger partial charge is 0.451 e. The average molecular weight is 184 g/mol. The Morgan fingerprint density at radius 2 is 2.62 bits per heavy atom. The Labute approximate surface area is 76.1 Å². The molecule has 1 heterocycles. The van der Waals surface area contributed by atoms with Gasteiger partial charge in [-0.15, -0.1) is 0 Å². The molecule has 0 atom stereocenters. The fraction of sp³-hybridized carbons (Fsp3) is 0.500. The first-order valence-electron chi connectivity index (χ1n) is 4.00. The topological polar surface area (TPSA) is 64.4 Å². The van der Waals surface area contributed by atoms with Crippen molar-refractivity contribution in [2.75, 3.05) is 20.3 Å². The number of nitrogens with one attached hydrogen (secondary N) is 1. The van der Waals surface area contributed by atoms with E-state index in [9.17, 15) is 4.79 Å². The van der Waals surface area contributed by atoms with Gasteiger partial charge in [-0.1, -0.05) is 0 Å². The van der Waals surface area contributed by atoms with Gasteiger partial charge in [0.2, 0.25) is 0 Å². The van der Waals surface area contributed by atoms with Crippen molar-refractivity contribution in [3.05, 3.63) is 18.4 Å². The van der Waals surface area contributed by atoms with Crippen LogP contribution in [0.1, 0.15) is 16.9 Å². The second-order valence-corrected chi connectivity index (χ2v) is 2.48. The number of hydrogen-bond acceptors (Lipinski definition) is 4. The molecule has 0 spiro atoms. The average Bonchev–Trinajstić information content (AvgIpc) is 2.65. The quantitative estimate of drug-likeness (QED) is 0.674. The summed E-state index contributed by atoms with van der Waals surface area (Å²) in [5.41, 5.74) is 0.303. The van der Waals surface area contributed by atoms with E-state index in [2.05, 4.69) is 14.7 Å². The van der Waals surface area contributed by atoms with E-state index in [1.807, 2.05) is 0 Å². The summed E-state index contributed by atoms with van der Waals surface area (Å²) in [6.45, 7) is 1.22. The summed E-state index contributed by atoms with van der Waals surface area (Å²) in [6, 6.07) is 0. The van der Waals surface area contributed by atoms with Crippen molar-refractivity contribution in [2.45, 2.75) is 6.42 Å². The van der Waals surface area contributed by atoms with Gasteiger partial charge in [0.1, 0.15) is 6.26 Å². The standard InChI is InChI=1S/C8H12N2O3/c1-12-4-2-3-9-8(11)7-5-13-6-10-7/h5-6H,2-4H2,1H3,(H,9,11). The van der Waals surface area contributed by atoms with Crippen LogP contribution in [-0.2, 0) is 4.74 Å². The van der Waals surface area contributed by atoms with Crippen LogP contribution >= 0.6 is 0 Å². The third-order valence-corrected chi connectivity index (χ3v) is 1.48. The number of hydrogen-bond donors (Lipinski definition) is 1. The maximum atomic E-state index is 11.2. The normalized spacial score (nSPS) is 9.92. The molecule has 0 bridgehead atoms. The van der Waals surface area contributed by atoms with Crippen LogP contribution in [0.4, 0.5) is 0 Å². The predicted octanol–water partition coefficient (Wildman–Crippen LogP) is 0.441. The third kappa shape index (κ3) is 3.25. The molecule has 0 aliphatic carbocycles. The number of ether oxygens (including phenoxy) is 1. The van der Waals surface area contributed by atoms with Crippen molar-refractivity contribution >= 4 is 5.91 Å². The second kappa shape index (κ2) is 5.31. The SMILES string of the molecule is COCCCNC(=O)c1cocn1. The van der Waals surface area contributed by atoms with Crippen LogP contribution in [0.25, 0.3) is 0 Å². The lowest BCUT2D eigenvalue weighted by Crippen LogP contribution is -2.25. The van der Waals surface area contributed by atoms with E-state index in [4.69, 9.17) is 4.74 Å². The molecule has 0 aliphatic rings. The zero-order valence-electron chi connectivity index (χ0n) is 7.45. The molecule has 1 rings (SSSR count). The number of amides is 1. The van der Waals surface area contributed by atoms with Gasteiger partial charge >= 0.3 is 0 Å². The summed E-state index contributed by atoms with van der Waals surface area (Å²) in [7, 11) is 1.62. The molecular formula is C8H12N2O3. The molecule has 5 heteroatoms. The van der Waals surface area contributed by atoms with Crippen LogP contribution < -0.4 is 5.32 Å². The molecule has 0 aliphatic heterocycles. The van der Waals surface area contributed by atoms with E-state index in [1.54, 1.807) is 7.11 Å². The molecule has 0 unspecified atom stereocenters. The number of methoxy groups -OCH3 is 1. The molecule has 1 aromatic heterocycles. The van der Waals surface area contributed by atoms with Crippen molar-refractivity contribution in [3.63, 3.8) is 0 Å². The van der Waals surface area contributed by atoms with E-state index in [1.165, 1.54) is 12.7 Å². The zero-order chi connectivity index (χ0) is 9.52. The molecule has 0 fully saturated rings. The van der Waals surface area contributed by atoms with Gasteiger partial charge < -0.3 is 14.5 Å². The Bertz CT molecular complexity index is 246. The smallest absolute Gasteiger partial charge is 0.273 e. The minimum atomic E-state index is -0.218. The Balaban J connectivity index is 2.19. The fourth-order valence-electron chi connectivity index (χ4n) is 0.834. The molecule has 5 nitrogen and oxygen atoms in total. The molecule has 1 amide bonds. The fourth-order valence-corrected chi connectivity index (χ4v) is 0.834. The highest BCUT2D eigenvalue weighted by Gasteiger charge is 2.06. The molecule has 72 valence electrons. The van der Waals surface area contributed by atoms with Crippen LogP contribution in [0, 0.1) is 0 Å². The Morgan fingerprint density at radius 1 is 1.77 bits per heavy atom. The van der Waals surface area contributed by atoms with Gasteiger partial charge in [-0.05, 0) is 6.42 Å². The van der Waals surface area contributed by atoms with E-state index >= 15 is 0 Å². The number of rotatable bonds is 5. The summed E-state index contributed by atoms with van der Waals surface area (Å²) in [5, 5.41) is 2.68. The van der Waals surface area contributed by atoms with Crippen LogP contribution in [0.15, 0.2) is 17.1 Å². The van der Waals surface area contributed by atoms with Crippen molar-refractivity contribution in [1.82, 2.24) is 10.3 Å². The van der Waals surface area contributed by atoms with E-state index in [0.717, 1.165) is 6.42 Å². The van der Waals surface area contributed by atoms with Crippen LogP contribution in [0.3, 0.4) is 0 Å². The first-order chi connectivity index (χ1) is 6.34. The third-order valence-electron chi connectivity index (χ3n) is 1.48. The number of carbonyl (C=O) groups excluding carboxylic acids is 1. The molecule has 1 aromatic rings.